The quantitative estimate of drug-likeness (QED) is 0.833. The van der Waals surface area contributed by atoms with Crippen LogP contribution in [0.15, 0.2) is 41.3 Å². The minimum Gasteiger partial charge on any atom is -0.451 e. The van der Waals surface area contributed by atoms with Crippen LogP contribution < -0.4 is 5.32 Å². The van der Waals surface area contributed by atoms with Crippen LogP contribution in [-0.2, 0) is 9.59 Å². The molecule has 1 N–H and O–H groups in total. The fourth-order valence-electron chi connectivity index (χ4n) is 4.37. The number of oxazole rings is 1. The molecule has 9 heteroatoms. The average molecular weight is 400 g/mol. The number of hydrogen-bond acceptors (Lipinski definition) is 5. The zero-order chi connectivity index (χ0) is 20.5. The molecule has 0 radical (unpaired) electrons. The summed E-state index contributed by atoms with van der Waals surface area (Å²) in [5.41, 5.74) is 0.926. The van der Waals surface area contributed by atoms with Crippen molar-refractivity contribution >= 4 is 17.7 Å². The molecule has 3 amide bonds. The van der Waals surface area contributed by atoms with Crippen LogP contribution in [0.2, 0.25) is 0 Å². The van der Waals surface area contributed by atoms with Gasteiger partial charge in [-0.15, -0.1) is 0 Å². The first-order valence-electron chi connectivity index (χ1n) is 9.41. The number of fused-ring (bicyclic) bond motifs is 1. The van der Waals surface area contributed by atoms with Gasteiger partial charge >= 0.3 is 0 Å². The second-order valence-electron chi connectivity index (χ2n) is 7.46. The lowest BCUT2D eigenvalue weighted by molar-refractivity contribution is -0.133. The lowest BCUT2D eigenvalue weighted by Gasteiger charge is -2.30. The second-order valence-corrected chi connectivity index (χ2v) is 7.46. The summed E-state index contributed by atoms with van der Waals surface area (Å²) < 4.78 is 18.8. The fourth-order valence-corrected chi connectivity index (χ4v) is 4.37. The molecule has 2 aliphatic rings. The van der Waals surface area contributed by atoms with Crippen molar-refractivity contribution < 1.29 is 23.2 Å². The van der Waals surface area contributed by atoms with E-state index in [1.54, 1.807) is 21.9 Å². The lowest BCUT2D eigenvalue weighted by atomic mass is 9.89. The third-order valence-electron chi connectivity index (χ3n) is 5.60. The second kappa shape index (κ2) is 7.65. The monoisotopic (exact) mass is 400 g/mol. The van der Waals surface area contributed by atoms with E-state index < -0.39 is 0 Å². The summed E-state index contributed by atoms with van der Waals surface area (Å²) in [6.07, 6.45) is 2.52. The van der Waals surface area contributed by atoms with Crippen LogP contribution in [0.3, 0.4) is 0 Å². The number of halogens is 1. The number of rotatable bonds is 4. The first kappa shape index (κ1) is 19.1. The number of carbonyl (C=O) groups is 3. The number of carbonyl (C=O) groups excluding carboxylic acids is 3. The SMILES string of the molecule is CC(=O)NCC(=O)N1C[C@@H]2CN(C(=O)c3cocn3)C[C@@H]2[C@@H]1c1cccc(F)c1. The van der Waals surface area contributed by atoms with Crippen molar-refractivity contribution in [3.05, 3.63) is 54.0 Å². The minimum absolute atomic E-state index is 0.0334. The molecule has 0 unspecified atom stereocenters. The molecule has 0 bridgehead atoms. The minimum atomic E-state index is -0.381. The van der Waals surface area contributed by atoms with E-state index in [1.165, 1.54) is 31.7 Å². The van der Waals surface area contributed by atoms with Gasteiger partial charge in [-0.2, -0.15) is 0 Å². The van der Waals surface area contributed by atoms with Gasteiger partial charge in [0.15, 0.2) is 12.1 Å². The van der Waals surface area contributed by atoms with Crippen LogP contribution in [0, 0.1) is 17.7 Å². The molecular formula is C20H21FN4O4. The fraction of sp³-hybridized carbons (Fsp3) is 0.400. The predicted octanol–water partition coefficient (Wildman–Crippen LogP) is 1.22. The highest BCUT2D eigenvalue weighted by Gasteiger charge is 2.50. The number of aromatic nitrogens is 1. The van der Waals surface area contributed by atoms with Crippen molar-refractivity contribution in [3.63, 3.8) is 0 Å². The van der Waals surface area contributed by atoms with Gasteiger partial charge in [0, 0.05) is 38.4 Å². The van der Waals surface area contributed by atoms with Gasteiger partial charge in [-0.25, -0.2) is 9.37 Å². The molecule has 29 heavy (non-hydrogen) atoms. The van der Waals surface area contributed by atoms with Gasteiger partial charge in [-0.1, -0.05) is 12.1 Å². The Balaban J connectivity index is 1.58. The number of nitrogens with one attached hydrogen (secondary N) is 1. The summed E-state index contributed by atoms with van der Waals surface area (Å²) in [6.45, 7) is 2.59. The molecule has 2 fully saturated rings. The molecule has 2 saturated heterocycles. The summed E-state index contributed by atoms with van der Waals surface area (Å²) in [7, 11) is 0. The first-order chi connectivity index (χ1) is 13.9. The highest BCUT2D eigenvalue weighted by molar-refractivity contribution is 5.92. The van der Waals surface area contributed by atoms with E-state index in [0.29, 0.717) is 25.2 Å². The summed E-state index contributed by atoms with van der Waals surface area (Å²) in [4.78, 5) is 43.9. The van der Waals surface area contributed by atoms with Crippen molar-refractivity contribution in [2.24, 2.45) is 11.8 Å². The van der Waals surface area contributed by atoms with Gasteiger partial charge in [0.05, 0.1) is 12.6 Å². The van der Waals surface area contributed by atoms with Gasteiger partial charge < -0.3 is 19.5 Å². The van der Waals surface area contributed by atoms with Crippen molar-refractivity contribution in [3.8, 4) is 0 Å². The first-order valence-corrected chi connectivity index (χ1v) is 9.41. The number of likely N-dealkylation sites (tertiary alicyclic amines) is 2. The molecule has 0 saturated carbocycles. The van der Waals surface area contributed by atoms with Gasteiger partial charge in [0.25, 0.3) is 5.91 Å². The van der Waals surface area contributed by atoms with E-state index in [2.05, 4.69) is 10.3 Å². The normalized spacial score (nSPS) is 23.2. The number of benzene rings is 1. The Hall–Kier alpha value is -3.23. The average Bonchev–Trinajstić information content (AvgIpc) is 3.40. The zero-order valence-corrected chi connectivity index (χ0v) is 15.9. The Bertz CT molecular complexity index is 932. The van der Waals surface area contributed by atoms with E-state index in [0.717, 1.165) is 0 Å². The van der Waals surface area contributed by atoms with Crippen molar-refractivity contribution in [1.82, 2.24) is 20.1 Å². The lowest BCUT2D eigenvalue weighted by Crippen LogP contribution is -2.42. The van der Waals surface area contributed by atoms with Crippen LogP contribution in [-0.4, -0.2) is 58.7 Å². The van der Waals surface area contributed by atoms with Crippen LogP contribution in [0.4, 0.5) is 4.39 Å². The van der Waals surface area contributed by atoms with Gasteiger partial charge in [-0.3, -0.25) is 14.4 Å². The highest BCUT2D eigenvalue weighted by atomic mass is 19.1. The van der Waals surface area contributed by atoms with E-state index in [-0.39, 0.29) is 53.7 Å². The van der Waals surface area contributed by atoms with Gasteiger partial charge in [-0.05, 0) is 17.7 Å². The molecule has 8 nitrogen and oxygen atoms in total. The molecule has 1 aromatic carbocycles. The number of hydrogen-bond donors (Lipinski definition) is 1. The third kappa shape index (κ3) is 3.72. The third-order valence-corrected chi connectivity index (χ3v) is 5.60. The van der Waals surface area contributed by atoms with Gasteiger partial charge in [0.1, 0.15) is 12.1 Å². The van der Waals surface area contributed by atoms with E-state index in [9.17, 15) is 18.8 Å². The van der Waals surface area contributed by atoms with Gasteiger partial charge in [0.2, 0.25) is 11.8 Å². The molecule has 1 aromatic heterocycles. The Morgan fingerprint density at radius 3 is 2.79 bits per heavy atom. The van der Waals surface area contributed by atoms with Crippen molar-refractivity contribution in [1.29, 1.82) is 0 Å². The molecule has 3 heterocycles. The smallest absolute Gasteiger partial charge is 0.275 e. The molecule has 4 rings (SSSR count). The standard InChI is InChI=1S/C20H21FN4O4/c1-12(26)22-6-18(27)25-8-14-7-24(20(28)17-10-29-11-23-17)9-16(14)19(25)13-3-2-4-15(21)5-13/h2-5,10-11,14,16,19H,6-9H2,1H3,(H,22,26)/t14-,16-,19-/m0/s1. The molecule has 0 spiro atoms. The van der Waals surface area contributed by atoms with Crippen molar-refractivity contribution in [2.75, 3.05) is 26.2 Å². The van der Waals surface area contributed by atoms with Crippen LogP contribution >= 0.6 is 0 Å². The van der Waals surface area contributed by atoms with E-state index >= 15 is 0 Å². The van der Waals surface area contributed by atoms with Crippen LogP contribution in [0.1, 0.15) is 29.0 Å². The van der Waals surface area contributed by atoms with E-state index in [4.69, 9.17) is 4.42 Å². The summed E-state index contributed by atoms with van der Waals surface area (Å²) in [5.74, 6) is -1.09. The summed E-state index contributed by atoms with van der Waals surface area (Å²) in [6, 6.07) is 5.81. The Kier molecular flexibility index (Phi) is 5.04. The van der Waals surface area contributed by atoms with Crippen molar-refractivity contribution in [2.45, 2.75) is 13.0 Å². The van der Waals surface area contributed by atoms with Crippen LogP contribution in [0.5, 0.6) is 0 Å². The Morgan fingerprint density at radius 1 is 1.28 bits per heavy atom. The maximum atomic E-state index is 13.9. The number of nitrogens with zero attached hydrogens (tertiary/aromatic N) is 3. The highest BCUT2D eigenvalue weighted by Crippen LogP contribution is 2.45. The molecule has 0 aliphatic carbocycles. The Morgan fingerprint density at radius 2 is 2.10 bits per heavy atom. The zero-order valence-electron chi connectivity index (χ0n) is 15.9. The Labute approximate surface area is 166 Å². The molecule has 2 aliphatic heterocycles. The summed E-state index contributed by atoms with van der Waals surface area (Å²) >= 11 is 0. The molecule has 3 atom stereocenters. The molecule has 2 aromatic rings. The maximum Gasteiger partial charge on any atom is 0.275 e. The van der Waals surface area contributed by atoms with Crippen LogP contribution in [0.25, 0.3) is 0 Å². The molecular weight excluding hydrogens is 379 g/mol. The molecule has 152 valence electrons. The van der Waals surface area contributed by atoms with E-state index in [1.807, 2.05) is 0 Å². The maximum absolute atomic E-state index is 13.9. The number of amides is 3. The largest absolute Gasteiger partial charge is 0.451 e. The summed E-state index contributed by atoms with van der Waals surface area (Å²) in [5, 5.41) is 2.53. The topological polar surface area (TPSA) is 95.8 Å². The predicted molar refractivity (Wildman–Crippen MR) is 98.9 cm³/mol.